The molecule has 1 saturated carbocycles. The predicted molar refractivity (Wildman–Crippen MR) is 66.8 cm³/mol. The van der Waals surface area contributed by atoms with Crippen LogP contribution >= 0.6 is 0 Å². The molecule has 82 valence electrons. The fraction of sp³-hybridized carbons (Fsp3) is 0.600. The molecule has 0 saturated heterocycles. The van der Waals surface area contributed by atoms with E-state index in [4.69, 9.17) is 0 Å². The third-order valence-corrected chi connectivity index (χ3v) is 3.65. The molecule has 0 nitrogen and oxygen atoms in total. The van der Waals surface area contributed by atoms with Crippen LogP contribution in [0.25, 0.3) is 0 Å². The van der Waals surface area contributed by atoms with Crippen molar-refractivity contribution in [2.75, 3.05) is 0 Å². The summed E-state index contributed by atoms with van der Waals surface area (Å²) in [7, 11) is 0. The number of allylic oxidation sites excluding steroid dienone is 6. The average molecular weight is 202 g/mol. The first-order valence-electron chi connectivity index (χ1n) is 6.49. The van der Waals surface area contributed by atoms with Gasteiger partial charge in [0.2, 0.25) is 0 Å². The second-order valence-electron chi connectivity index (χ2n) is 4.80. The molecule has 0 aromatic heterocycles. The van der Waals surface area contributed by atoms with Gasteiger partial charge in [-0.15, -0.1) is 0 Å². The van der Waals surface area contributed by atoms with Gasteiger partial charge in [-0.3, -0.25) is 0 Å². The summed E-state index contributed by atoms with van der Waals surface area (Å²) in [4.78, 5) is 0. The lowest BCUT2D eigenvalue weighted by Crippen LogP contribution is -2.06. The third kappa shape index (κ3) is 3.37. The molecule has 0 aromatic carbocycles. The Labute approximate surface area is 93.8 Å². The van der Waals surface area contributed by atoms with Crippen molar-refractivity contribution in [1.29, 1.82) is 0 Å². The first-order chi connectivity index (χ1) is 7.47. The molecular weight excluding hydrogens is 180 g/mol. The van der Waals surface area contributed by atoms with Crippen LogP contribution in [0.2, 0.25) is 0 Å². The predicted octanol–water partition coefficient (Wildman–Crippen LogP) is 4.79. The van der Waals surface area contributed by atoms with Crippen molar-refractivity contribution in [3.8, 4) is 0 Å². The quantitative estimate of drug-likeness (QED) is 0.573. The van der Waals surface area contributed by atoms with Gasteiger partial charge in [-0.25, -0.2) is 0 Å². The fourth-order valence-corrected chi connectivity index (χ4v) is 2.72. The zero-order valence-electron chi connectivity index (χ0n) is 9.62. The first-order valence-corrected chi connectivity index (χ1v) is 6.49. The zero-order chi connectivity index (χ0) is 10.3. The molecule has 0 radical (unpaired) electrons. The largest absolute Gasteiger partial charge is 0.0805 e. The summed E-state index contributed by atoms with van der Waals surface area (Å²) in [6.07, 6.45) is 22.5. The van der Waals surface area contributed by atoms with Crippen LogP contribution in [0.15, 0.2) is 36.0 Å². The summed E-state index contributed by atoms with van der Waals surface area (Å²) in [6, 6.07) is 0. The second-order valence-corrected chi connectivity index (χ2v) is 4.80. The molecule has 2 rings (SSSR count). The minimum Gasteiger partial charge on any atom is -0.0805 e. The lowest BCUT2D eigenvalue weighted by atomic mass is 9.84. The Morgan fingerprint density at radius 3 is 2.33 bits per heavy atom. The monoisotopic (exact) mass is 202 g/mol. The van der Waals surface area contributed by atoms with E-state index in [-0.39, 0.29) is 0 Å². The van der Waals surface area contributed by atoms with Crippen molar-refractivity contribution in [2.45, 2.75) is 51.4 Å². The Balaban J connectivity index is 1.97. The summed E-state index contributed by atoms with van der Waals surface area (Å²) < 4.78 is 0. The maximum absolute atomic E-state index is 2.35. The van der Waals surface area contributed by atoms with E-state index in [0.717, 1.165) is 5.92 Å². The number of hydrogen-bond acceptors (Lipinski definition) is 0. The van der Waals surface area contributed by atoms with Gasteiger partial charge in [-0.2, -0.15) is 0 Å². The van der Waals surface area contributed by atoms with Crippen molar-refractivity contribution in [1.82, 2.24) is 0 Å². The summed E-state index contributed by atoms with van der Waals surface area (Å²) in [5, 5.41) is 0. The van der Waals surface area contributed by atoms with E-state index in [9.17, 15) is 0 Å². The Morgan fingerprint density at radius 1 is 0.800 bits per heavy atom. The molecule has 0 N–H and O–H groups in total. The lowest BCUT2D eigenvalue weighted by molar-refractivity contribution is 0.416. The molecule has 1 fully saturated rings. The molecule has 15 heavy (non-hydrogen) atoms. The van der Waals surface area contributed by atoms with Crippen molar-refractivity contribution in [3.63, 3.8) is 0 Å². The Bertz CT molecular complexity index is 260. The van der Waals surface area contributed by atoms with E-state index in [1.165, 1.54) is 51.4 Å². The SMILES string of the molecule is C1=CC=C(C2CCCCCCC2)CC=C1. The molecule has 0 amide bonds. The Hall–Kier alpha value is -0.780. The van der Waals surface area contributed by atoms with Gasteiger partial charge in [-0.05, 0) is 25.2 Å². The number of rotatable bonds is 1. The van der Waals surface area contributed by atoms with Gasteiger partial charge < -0.3 is 0 Å². The van der Waals surface area contributed by atoms with Crippen LogP contribution in [-0.4, -0.2) is 0 Å². The van der Waals surface area contributed by atoms with Gasteiger partial charge in [-0.1, -0.05) is 68.1 Å². The highest BCUT2D eigenvalue weighted by Crippen LogP contribution is 2.30. The van der Waals surface area contributed by atoms with Gasteiger partial charge in [0, 0.05) is 0 Å². The van der Waals surface area contributed by atoms with Gasteiger partial charge in [0.15, 0.2) is 0 Å². The molecule has 0 aliphatic heterocycles. The second kappa shape index (κ2) is 5.95. The number of hydrogen-bond donors (Lipinski definition) is 0. The molecule has 0 unspecified atom stereocenters. The molecule has 0 atom stereocenters. The molecule has 2 aliphatic rings. The molecule has 0 spiro atoms. The van der Waals surface area contributed by atoms with E-state index >= 15 is 0 Å². The summed E-state index contributed by atoms with van der Waals surface area (Å²) in [5.41, 5.74) is 1.67. The van der Waals surface area contributed by atoms with Crippen LogP contribution in [0.4, 0.5) is 0 Å². The van der Waals surface area contributed by atoms with E-state index < -0.39 is 0 Å². The first kappa shape index (κ1) is 10.7. The summed E-state index contributed by atoms with van der Waals surface area (Å²) in [5.74, 6) is 0.873. The van der Waals surface area contributed by atoms with Crippen LogP contribution in [-0.2, 0) is 0 Å². The lowest BCUT2D eigenvalue weighted by Gasteiger charge is -2.21. The highest BCUT2D eigenvalue weighted by atomic mass is 14.2. The van der Waals surface area contributed by atoms with Gasteiger partial charge >= 0.3 is 0 Å². The Morgan fingerprint density at radius 2 is 1.53 bits per heavy atom. The van der Waals surface area contributed by atoms with Crippen molar-refractivity contribution >= 4 is 0 Å². The zero-order valence-corrected chi connectivity index (χ0v) is 9.62. The normalized spacial score (nSPS) is 24.1. The molecular formula is C15H22. The highest BCUT2D eigenvalue weighted by Gasteiger charge is 2.14. The Kier molecular flexibility index (Phi) is 4.25. The van der Waals surface area contributed by atoms with Crippen LogP contribution < -0.4 is 0 Å². The fourth-order valence-electron chi connectivity index (χ4n) is 2.72. The summed E-state index contributed by atoms with van der Waals surface area (Å²) >= 11 is 0. The van der Waals surface area contributed by atoms with Crippen molar-refractivity contribution in [3.05, 3.63) is 36.0 Å². The maximum atomic E-state index is 2.35. The molecule has 0 heterocycles. The van der Waals surface area contributed by atoms with Crippen molar-refractivity contribution in [2.24, 2.45) is 5.92 Å². The van der Waals surface area contributed by atoms with E-state index in [1.807, 2.05) is 0 Å². The van der Waals surface area contributed by atoms with Crippen LogP contribution in [0.5, 0.6) is 0 Å². The van der Waals surface area contributed by atoms with Gasteiger partial charge in [0.25, 0.3) is 0 Å². The van der Waals surface area contributed by atoms with Gasteiger partial charge in [0.1, 0.15) is 0 Å². The summed E-state index contributed by atoms with van der Waals surface area (Å²) in [6.45, 7) is 0. The van der Waals surface area contributed by atoms with Crippen LogP contribution in [0.3, 0.4) is 0 Å². The molecule has 0 aromatic rings. The van der Waals surface area contributed by atoms with Crippen LogP contribution in [0, 0.1) is 5.92 Å². The third-order valence-electron chi connectivity index (χ3n) is 3.65. The average Bonchev–Trinajstić information content (AvgIpc) is 2.45. The van der Waals surface area contributed by atoms with E-state index in [0.29, 0.717) is 0 Å². The maximum Gasteiger partial charge on any atom is -0.0130 e. The molecule has 0 heteroatoms. The molecule has 0 bridgehead atoms. The topological polar surface area (TPSA) is 0 Å². The van der Waals surface area contributed by atoms with E-state index in [1.54, 1.807) is 5.57 Å². The smallest absolute Gasteiger partial charge is 0.0130 e. The van der Waals surface area contributed by atoms with Crippen molar-refractivity contribution < 1.29 is 0 Å². The highest BCUT2D eigenvalue weighted by molar-refractivity contribution is 5.24. The minimum absolute atomic E-state index is 0.873. The molecule has 2 aliphatic carbocycles. The van der Waals surface area contributed by atoms with Crippen LogP contribution in [0.1, 0.15) is 51.4 Å². The van der Waals surface area contributed by atoms with Gasteiger partial charge in [0.05, 0.1) is 0 Å². The minimum atomic E-state index is 0.873. The van der Waals surface area contributed by atoms with E-state index in [2.05, 4.69) is 30.4 Å². The standard InChI is InChI=1S/C15H22/c1-2-6-10-14(11-7-3-1)15-12-8-4-5-9-13-15/h4-5,8-9,12,14H,1-3,6-7,10-11,13H2.